The third kappa shape index (κ3) is 4.59. The van der Waals surface area contributed by atoms with E-state index in [9.17, 15) is 14.7 Å². The molecule has 8 heteroatoms. The molecular weight excluding hydrogens is 374 g/mol. The van der Waals surface area contributed by atoms with Crippen LogP contribution in [-0.4, -0.2) is 64.4 Å². The van der Waals surface area contributed by atoms with E-state index in [1.807, 2.05) is 6.07 Å². The molecule has 1 aliphatic heterocycles. The first kappa shape index (κ1) is 21.3. The molecule has 0 aliphatic carbocycles. The van der Waals surface area contributed by atoms with E-state index in [0.717, 1.165) is 49.3 Å². The fourth-order valence-electron chi connectivity index (χ4n) is 3.93. The van der Waals surface area contributed by atoms with E-state index < -0.39 is 12.1 Å². The van der Waals surface area contributed by atoms with Crippen molar-refractivity contribution in [3.05, 3.63) is 29.6 Å². The number of hydrogen-bond acceptors (Lipinski definition) is 7. The summed E-state index contributed by atoms with van der Waals surface area (Å²) in [4.78, 5) is 30.6. The van der Waals surface area contributed by atoms with Crippen LogP contribution >= 0.6 is 0 Å². The number of rotatable bonds is 7. The van der Waals surface area contributed by atoms with E-state index in [1.54, 1.807) is 19.1 Å². The van der Waals surface area contributed by atoms with E-state index in [0.29, 0.717) is 18.7 Å². The Hall–Kier alpha value is -2.45. The SMILES string of the molecule is CCOC(=O)c1ccc2c(c1)nc(CN1CCC(C(O)C(=O)OC)CC1)n2CC. The molecule has 8 nitrogen and oxygen atoms in total. The van der Waals surface area contributed by atoms with Crippen LogP contribution in [0.15, 0.2) is 18.2 Å². The number of piperidine rings is 1. The highest BCUT2D eigenvalue weighted by Gasteiger charge is 2.30. The zero-order valence-electron chi connectivity index (χ0n) is 17.3. The summed E-state index contributed by atoms with van der Waals surface area (Å²) in [5, 5.41) is 10.1. The van der Waals surface area contributed by atoms with Crippen LogP contribution in [0.4, 0.5) is 0 Å². The highest BCUT2D eigenvalue weighted by atomic mass is 16.5. The molecule has 1 aromatic carbocycles. The number of ether oxygens (including phenoxy) is 2. The number of aryl methyl sites for hydroxylation is 1. The summed E-state index contributed by atoms with van der Waals surface area (Å²) < 4.78 is 11.9. The molecule has 0 spiro atoms. The number of carbonyl (C=O) groups is 2. The highest BCUT2D eigenvalue weighted by Crippen LogP contribution is 2.24. The fraction of sp³-hybridized carbons (Fsp3) is 0.571. The summed E-state index contributed by atoms with van der Waals surface area (Å²) in [5.41, 5.74) is 2.28. The van der Waals surface area contributed by atoms with Crippen molar-refractivity contribution in [2.45, 2.75) is 45.9 Å². The molecule has 2 aromatic rings. The van der Waals surface area contributed by atoms with Crippen LogP contribution in [0, 0.1) is 5.92 Å². The van der Waals surface area contributed by atoms with Crippen LogP contribution in [0.3, 0.4) is 0 Å². The smallest absolute Gasteiger partial charge is 0.338 e. The van der Waals surface area contributed by atoms with Gasteiger partial charge in [-0.15, -0.1) is 0 Å². The first-order chi connectivity index (χ1) is 14.0. The van der Waals surface area contributed by atoms with Gasteiger partial charge in [0.05, 0.1) is 36.9 Å². The Kier molecular flexibility index (Phi) is 6.87. The minimum atomic E-state index is -1.05. The number of nitrogens with zero attached hydrogens (tertiary/aromatic N) is 3. The van der Waals surface area contributed by atoms with Crippen LogP contribution in [0.1, 0.15) is 42.9 Å². The summed E-state index contributed by atoms with van der Waals surface area (Å²) >= 11 is 0. The lowest BCUT2D eigenvalue weighted by atomic mass is 9.91. The van der Waals surface area contributed by atoms with Crippen LogP contribution in [0.5, 0.6) is 0 Å². The number of fused-ring (bicyclic) bond motifs is 1. The van der Waals surface area contributed by atoms with Crippen molar-refractivity contribution in [3.8, 4) is 0 Å². The molecule has 2 heterocycles. The topological polar surface area (TPSA) is 93.9 Å². The minimum absolute atomic E-state index is 0.0733. The number of aliphatic hydroxyl groups excluding tert-OH is 1. The minimum Gasteiger partial charge on any atom is -0.467 e. The summed E-state index contributed by atoms with van der Waals surface area (Å²) in [5.74, 6) is -0.0341. The Balaban J connectivity index is 1.72. The largest absolute Gasteiger partial charge is 0.467 e. The van der Waals surface area contributed by atoms with Crippen molar-refractivity contribution in [3.63, 3.8) is 0 Å². The molecule has 158 valence electrons. The Morgan fingerprint density at radius 3 is 2.62 bits per heavy atom. The predicted octanol–water partition coefficient (Wildman–Crippen LogP) is 1.98. The van der Waals surface area contributed by atoms with Crippen LogP contribution < -0.4 is 0 Å². The van der Waals surface area contributed by atoms with Crippen LogP contribution in [0.2, 0.25) is 0 Å². The van der Waals surface area contributed by atoms with Gasteiger partial charge in [0.25, 0.3) is 0 Å². The van der Waals surface area contributed by atoms with E-state index in [1.165, 1.54) is 7.11 Å². The van der Waals surface area contributed by atoms with Crippen LogP contribution in [-0.2, 0) is 27.4 Å². The lowest BCUT2D eigenvalue weighted by Crippen LogP contribution is -2.40. The van der Waals surface area contributed by atoms with Gasteiger partial charge in [-0.1, -0.05) is 0 Å². The second-order valence-corrected chi connectivity index (χ2v) is 7.28. The Morgan fingerprint density at radius 2 is 2.00 bits per heavy atom. The molecule has 0 radical (unpaired) electrons. The zero-order valence-corrected chi connectivity index (χ0v) is 17.3. The number of aromatic nitrogens is 2. The maximum absolute atomic E-state index is 12.0. The van der Waals surface area contributed by atoms with Gasteiger partial charge in [0, 0.05) is 6.54 Å². The molecule has 1 fully saturated rings. The standard InChI is InChI=1S/C21H29N3O5/c1-4-24-17-7-6-15(20(26)29-5-2)12-16(17)22-18(24)13-23-10-8-14(9-11-23)19(25)21(27)28-3/h6-7,12,14,19,25H,4-5,8-11,13H2,1-3H3. The second kappa shape index (κ2) is 9.37. The van der Waals surface area contributed by atoms with Crippen molar-refractivity contribution in [2.24, 2.45) is 5.92 Å². The molecule has 1 N–H and O–H groups in total. The van der Waals surface area contributed by atoms with E-state index >= 15 is 0 Å². The number of aliphatic hydroxyl groups is 1. The maximum atomic E-state index is 12.0. The normalized spacial score (nSPS) is 16.7. The molecule has 1 unspecified atom stereocenters. The zero-order chi connectivity index (χ0) is 21.0. The average molecular weight is 403 g/mol. The molecule has 0 amide bonds. The fourth-order valence-corrected chi connectivity index (χ4v) is 3.93. The lowest BCUT2D eigenvalue weighted by molar-refractivity contribution is -0.154. The van der Waals surface area contributed by atoms with E-state index in [2.05, 4.69) is 21.1 Å². The summed E-state index contributed by atoms with van der Waals surface area (Å²) in [6.07, 6.45) is 0.411. The monoisotopic (exact) mass is 403 g/mol. The number of methoxy groups -OCH3 is 1. The summed E-state index contributed by atoms with van der Waals surface area (Å²) in [7, 11) is 1.29. The van der Waals surface area contributed by atoms with Crippen LogP contribution in [0.25, 0.3) is 11.0 Å². The molecule has 1 atom stereocenters. The number of benzene rings is 1. The summed E-state index contributed by atoms with van der Waals surface area (Å²) in [6, 6.07) is 5.47. The third-order valence-electron chi connectivity index (χ3n) is 5.54. The number of carbonyl (C=O) groups excluding carboxylic acids is 2. The molecule has 3 rings (SSSR count). The number of imidazole rings is 1. The predicted molar refractivity (Wildman–Crippen MR) is 107 cm³/mol. The lowest BCUT2D eigenvalue weighted by Gasteiger charge is -2.33. The number of hydrogen-bond donors (Lipinski definition) is 1. The van der Waals surface area contributed by atoms with Crippen molar-refractivity contribution in [1.29, 1.82) is 0 Å². The highest BCUT2D eigenvalue weighted by molar-refractivity contribution is 5.93. The van der Waals surface area contributed by atoms with Crippen molar-refractivity contribution in [2.75, 3.05) is 26.8 Å². The van der Waals surface area contributed by atoms with Gasteiger partial charge in [-0.05, 0) is 63.9 Å². The number of likely N-dealkylation sites (tertiary alicyclic amines) is 1. The molecule has 29 heavy (non-hydrogen) atoms. The Morgan fingerprint density at radius 1 is 1.28 bits per heavy atom. The van der Waals surface area contributed by atoms with Gasteiger partial charge in [-0.3, -0.25) is 4.90 Å². The molecule has 1 saturated heterocycles. The first-order valence-corrected chi connectivity index (χ1v) is 10.1. The first-order valence-electron chi connectivity index (χ1n) is 10.1. The molecular formula is C21H29N3O5. The Labute approximate surface area is 170 Å². The maximum Gasteiger partial charge on any atom is 0.338 e. The van der Waals surface area contributed by atoms with Gasteiger partial charge in [-0.2, -0.15) is 0 Å². The average Bonchev–Trinajstić information content (AvgIpc) is 3.09. The van der Waals surface area contributed by atoms with Gasteiger partial charge in [0.1, 0.15) is 5.82 Å². The van der Waals surface area contributed by atoms with Gasteiger partial charge in [-0.25, -0.2) is 14.6 Å². The van der Waals surface area contributed by atoms with E-state index in [-0.39, 0.29) is 11.9 Å². The van der Waals surface area contributed by atoms with Gasteiger partial charge >= 0.3 is 11.9 Å². The quantitative estimate of drug-likeness (QED) is 0.707. The second-order valence-electron chi connectivity index (χ2n) is 7.28. The molecule has 1 aliphatic rings. The summed E-state index contributed by atoms with van der Waals surface area (Å²) in [6.45, 7) is 7.21. The van der Waals surface area contributed by atoms with Crippen molar-refractivity contribution in [1.82, 2.24) is 14.5 Å². The molecule has 1 aromatic heterocycles. The van der Waals surface area contributed by atoms with Crippen molar-refractivity contribution < 1.29 is 24.2 Å². The van der Waals surface area contributed by atoms with Gasteiger partial charge in [0.2, 0.25) is 0 Å². The van der Waals surface area contributed by atoms with E-state index in [4.69, 9.17) is 9.72 Å². The third-order valence-corrected chi connectivity index (χ3v) is 5.54. The van der Waals surface area contributed by atoms with Gasteiger partial charge in [0.15, 0.2) is 6.10 Å². The van der Waals surface area contributed by atoms with Crippen molar-refractivity contribution >= 4 is 23.0 Å². The number of esters is 2. The molecule has 0 bridgehead atoms. The molecule has 0 saturated carbocycles. The Bertz CT molecular complexity index is 871. The van der Waals surface area contributed by atoms with Gasteiger partial charge < -0.3 is 19.1 Å².